The van der Waals surface area contributed by atoms with E-state index in [9.17, 15) is 48.9 Å². The Hall–Kier alpha value is -5.50. The lowest BCUT2D eigenvalue weighted by Crippen LogP contribution is -2.60. The van der Waals surface area contributed by atoms with Crippen molar-refractivity contribution >= 4 is 47.6 Å². The number of aliphatic hydroxyl groups excluding tert-OH is 2. The van der Waals surface area contributed by atoms with Crippen LogP contribution in [0.2, 0.25) is 0 Å². The molecule has 0 bridgehead atoms. The Bertz CT molecular complexity index is 1560. The number of amides is 6. The maximum Gasteiger partial charge on any atom is 0.408 e. The number of hydrogen-bond acceptors (Lipinski definition) is 11. The van der Waals surface area contributed by atoms with Crippen LogP contribution < -0.4 is 32.7 Å². The predicted octanol–water partition coefficient (Wildman–Crippen LogP) is -2.11. The van der Waals surface area contributed by atoms with Crippen LogP contribution in [0.25, 0.3) is 0 Å². The molecule has 310 valence electrons. The molecule has 20 nitrogen and oxygen atoms in total. The fraction of sp³-hybridized carbons (Fsp3) is 0.611. The van der Waals surface area contributed by atoms with Gasteiger partial charge in [0, 0.05) is 19.6 Å². The third kappa shape index (κ3) is 13.4. The predicted molar refractivity (Wildman–Crippen MR) is 200 cm³/mol. The number of aliphatic imine (C=N–C) groups is 1. The number of hydrogen-bond donors (Lipinski definition) is 9. The lowest BCUT2D eigenvalue weighted by Gasteiger charge is -2.30. The van der Waals surface area contributed by atoms with E-state index in [1.807, 2.05) is 13.8 Å². The number of guanidine groups is 1. The lowest BCUT2D eigenvalue weighted by atomic mass is 10.0. The van der Waals surface area contributed by atoms with Crippen LogP contribution in [0.15, 0.2) is 35.3 Å². The number of ether oxygens (including phenoxy) is 1. The Kier molecular flexibility index (Phi) is 17.8. The summed E-state index contributed by atoms with van der Waals surface area (Å²) >= 11 is 0. The monoisotopic (exact) mass is 789 g/mol. The number of aliphatic hydroxyl groups is 2. The van der Waals surface area contributed by atoms with E-state index in [-0.39, 0.29) is 70.2 Å². The Labute approximate surface area is 324 Å². The molecule has 2 aliphatic heterocycles. The number of alkyl carbamates (subject to hydrolysis) is 1. The third-order valence-corrected chi connectivity index (χ3v) is 9.36. The van der Waals surface area contributed by atoms with Crippen LogP contribution in [0.1, 0.15) is 64.4 Å². The number of carbonyl (C=O) groups excluding carboxylic acids is 6. The number of carboxylic acid groups (broad SMARTS) is 1. The molecule has 0 radical (unpaired) electrons. The number of carboxylic acids is 1. The van der Waals surface area contributed by atoms with Crippen molar-refractivity contribution in [2.24, 2.45) is 22.4 Å². The summed E-state index contributed by atoms with van der Waals surface area (Å²) in [6, 6.07) is 1.20. The van der Waals surface area contributed by atoms with Gasteiger partial charge in [-0.1, -0.05) is 44.2 Å². The third-order valence-electron chi connectivity index (χ3n) is 9.36. The molecule has 2 heterocycles. The second-order valence-corrected chi connectivity index (χ2v) is 14.1. The van der Waals surface area contributed by atoms with Gasteiger partial charge in [-0.25, -0.2) is 9.59 Å². The average molecular weight is 790 g/mol. The number of benzene rings is 1. The van der Waals surface area contributed by atoms with Gasteiger partial charge in [0.1, 0.15) is 42.9 Å². The van der Waals surface area contributed by atoms with Crippen molar-refractivity contribution in [2.75, 3.05) is 32.8 Å². The molecule has 1 aromatic carbocycles. The van der Waals surface area contributed by atoms with Gasteiger partial charge >= 0.3 is 12.1 Å². The van der Waals surface area contributed by atoms with Gasteiger partial charge in [-0.05, 0) is 56.4 Å². The standard InChI is InChI=1S/C36H55N9O11/c1-21(2)17-24(32(51)45-16-8-13-28(45)34(53)54)41-29(48)23(11-6-14-39-35(37)38)40-30(49)25(18-46)42-31(50)27-12-7-15-44(27)33(52)26(19-47)43-36(55)56-20-22-9-4-3-5-10-22/h3-5,9-10,21,23-28,46-47H,6-8,11-20H2,1-2H3,(H,40,49)(H,41,48)(H,42,50)(H,43,55)(H,53,54)(H4,37,38,39). The molecule has 3 rings (SSSR count). The second-order valence-electron chi connectivity index (χ2n) is 14.1. The summed E-state index contributed by atoms with van der Waals surface area (Å²) in [7, 11) is 0. The number of likely N-dealkylation sites (tertiary alicyclic amines) is 2. The van der Waals surface area contributed by atoms with Crippen LogP contribution in [0.4, 0.5) is 4.79 Å². The van der Waals surface area contributed by atoms with Crippen molar-refractivity contribution in [2.45, 2.75) is 102 Å². The molecule has 6 atom stereocenters. The molecule has 0 saturated carbocycles. The smallest absolute Gasteiger partial charge is 0.408 e. The van der Waals surface area contributed by atoms with Crippen molar-refractivity contribution in [1.82, 2.24) is 31.1 Å². The first kappa shape index (κ1) is 44.9. The largest absolute Gasteiger partial charge is 0.480 e. The zero-order valence-corrected chi connectivity index (χ0v) is 31.7. The molecule has 0 aromatic heterocycles. The molecule has 56 heavy (non-hydrogen) atoms. The molecular formula is C36H55N9O11. The summed E-state index contributed by atoms with van der Waals surface area (Å²) in [4.78, 5) is 98.1. The van der Waals surface area contributed by atoms with Gasteiger partial charge in [-0.15, -0.1) is 0 Å². The Morgan fingerprint density at radius 3 is 1.96 bits per heavy atom. The van der Waals surface area contributed by atoms with E-state index < -0.39 is 91.1 Å². The highest BCUT2D eigenvalue weighted by molar-refractivity contribution is 5.97. The normalized spacial score (nSPS) is 18.6. The fourth-order valence-electron chi connectivity index (χ4n) is 6.56. The quantitative estimate of drug-likeness (QED) is 0.0389. The topological polar surface area (TPSA) is 308 Å². The van der Waals surface area contributed by atoms with Crippen LogP contribution in [-0.4, -0.2) is 142 Å². The first-order valence-electron chi connectivity index (χ1n) is 18.7. The Morgan fingerprint density at radius 2 is 1.38 bits per heavy atom. The molecule has 1 aromatic rings. The maximum absolute atomic E-state index is 13.7. The van der Waals surface area contributed by atoms with Crippen LogP contribution in [0, 0.1) is 5.92 Å². The summed E-state index contributed by atoms with van der Waals surface area (Å²) < 4.78 is 5.15. The summed E-state index contributed by atoms with van der Waals surface area (Å²) in [6.45, 7) is 2.28. The van der Waals surface area contributed by atoms with Crippen molar-refractivity contribution in [1.29, 1.82) is 0 Å². The first-order valence-corrected chi connectivity index (χ1v) is 18.7. The molecular weight excluding hydrogens is 734 g/mol. The highest BCUT2D eigenvalue weighted by Crippen LogP contribution is 2.21. The fourth-order valence-corrected chi connectivity index (χ4v) is 6.56. The summed E-state index contributed by atoms with van der Waals surface area (Å²) in [6.07, 6.45) is 0.699. The van der Waals surface area contributed by atoms with Gasteiger partial charge in [-0.3, -0.25) is 29.0 Å². The molecule has 0 spiro atoms. The second kappa shape index (κ2) is 22.2. The van der Waals surface area contributed by atoms with Crippen LogP contribution in [-0.2, 0) is 40.1 Å². The van der Waals surface area contributed by atoms with E-state index in [2.05, 4.69) is 26.3 Å². The maximum atomic E-state index is 13.7. The van der Waals surface area contributed by atoms with Gasteiger partial charge < -0.3 is 62.6 Å². The van der Waals surface area contributed by atoms with Gasteiger partial charge in [0.15, 0.2) is 5.96 Å². The zero-order valence-electron chi connectivity index (χ0n) is 31.7. The van der Waals surface area contributed by atoms with Crippen LogP contribution >= 0.6 is 0 Å². The molecule has 6 amide bonds. The molecule has 2 fully saturated rings. The minimum Gasteiger partial charge on any atom is -0.480 e. The van der Waals surface area contributed by atoms with Gasteiger partial charge in [-0.2, -0.15) is 0 Å². The summed E-state index contributed by atoms with van der Waals surface area (Å²) in [5.74, 6) is -5.29. The van der Waals surface area contributed by atoms with E-state index in [4.69, 9.17) is 16.2 Å². The number of rotatable bonds is 20. The van der Waals surface area contributed by atoms with Gasteiger partial charge in [0.25, 0.3) is 0 Å². The van der Waals surface area contributed by atoms with E-state index >= 15 is 0 Å². The van der Waals surface area contributed by atoms with Crippen molar-refractivity contribution in [3.8, 4) is 0 Å². The van der Waals surface area contributed by atoms with Crippen molar-refractivity contribution < 1.29 is 53.6 Å². The Morgan fingerprint density at radius 1 is 0.804 bits per heavy atom. The number of nitrogens with one attached hydrogen (secondary N) is 4. The Balaban J connectivity index is 1.69. The minimum atomic E-state index is -1.58. The van der Waals surface area contributed by atoms with Crippen LogP contribution in [0.5, 0.6) is 0 Å². The number of carbonyl (C=O) groups is 7. The molecule has 0 aliphatic carbocycles. The minimum absolute atomic E-state index is 0.0290. The van der Waals surface area contributed by atoms with Gasteiger partial charge in [0.05, 0.1) is 13.2 Å². The van der Waals surface area contributed by atoms with Crippen molar-refractivity contribution in [3.63, 3.8) is 0 Å². The van der Waals surface area contributed by atoms with E-state index in [1.165, 1.54) is 4.90 Å². The highest BCUT2D eigenvalue weighted by Gasteiger charge is 2.41. The molecule has 6 unspecified atom stereocenters. The molecule has 11 N–H and O–H groups in total. The highest BCUT2D eigenvalue weighted by atomic mass is 16.5. The number of aliphatic carboxylic acids is 1. The SMILES string of the molecule is CC(C)CC(NC(=O)C(CCCN=C(N)N)NC(=O)C(CO)NC(=O)C1CCCN1C(=O)C(CO)NC(=O)OCc1ccccc1)C(=O)N1CCCC1C(=O)O. The number of nitrogens with zero attached hydrogens (tertiary/aromatic N) is 3. The summed E-state index contributed by atoms with van der Waals surface area (Å²) in [5.41, 5.74) is 11.5. The van der Waals surface area contributed by atoms with E-state index in [1.54, 1.807) is 30.3 Å². The zero-order chi connectivity index (χ0) is 41.4. The van der Waals surface area contributed by atoms with E-state index in [0.29, 0.717) is 18.4 Å². The van der Waals surface area contributed by atoms with E-state index in [0.717, 1.165) is 4.90 Å². The average Bonchev–Trinajstić information content (AvgIpc) is 3.87. The summed E-state index contributed by atoms with van der Waals surface area (Å²) in [5, 5.41) is 39.6. The van der Waals surface area contributed by atoms with Gasteiger partial charge in [0.2, 0.25) is 29.5 Å². The molecule has 20 heteroatoms. The van der Waals surface area contributed by atoms with Crippen molar-refractivity contribution in [3.05, 3.63) is 35.9 Å². The molecule has 2 aliphatic rings. The number of nitrogens with two attached hydrogens (primary N) is 2. The molecule has 2 saturated heterocycles. The lowest BCUT2D eigenvalue weighted by molar-refractivity contribution is -0.149. The first-order chi connectivity index (χ1) is 26.7. The van der Waals surface area contributed by atoms with Crippen LogP contribution in [0.3, 0.4) is 0 Å².